The Morgan fingerprint density at radius 1 is 1.19 bits per heavy atom. The number of aromatic hydroxyl groups is 1. The molecule has 134 valence electrons. The Balaban J connectivity index is 1.55. The van der Waals surface area contributed by atoms with E-state index >= 15 is 0 Å². The molecule has 1 aliphatic rings. The van der Waals surface area contributed by atoms with E-state index in [4.69, 9.17) is 9.47 Å². The van der Waals surface area contributed by atoms with Gasteiger partial charge >= 0.3 is 0 Å². The first-order valence-electron chi connectivity index (χ1n) is 8.74. The summed E-state index contributed by atoms with van der Waals surface area (Å²) >= 11 is 0. The highest BCUT2D eigenvalue weighted by molar-refractivity contribution is 5.81. The number of rotatable bonds is 4. The number of fused-ring (bicyclic) bond motifs is 1. The van der Waals surface area contributed by atoms with Gasteiger partial charge in [0.2, 0.25) is 0 Å². The van der Waals surface area contributed by atoms with E-state index in [0.717, 1.165) is 48.2 Å². The first kappa shape index (κ1) is 16.8. The average molecular weight is 352 g/mol. The predicted octanol–water partition coefficient (Wildman–Crippen LogP) is 3.13. The van der Waals surface area contributed by atoms with Crippen molar-refractivity contribution in [1.29, 1.82) is 0 Å². The van der Waals surface area contributed by atoms with Gasteiger partial charge in [-0.3, -0.25) is 14.3 Å². The summed E-state index contributed by atoms with van der Waals surface area (Å²) in [5, 5.41) is 10.3. The second-order valence-electron chi connectivity index (χ2n) is 6.38. The van der Waals surface area contributed by atoms with Crippen LogP contribution in [0.25, 0.3) is 16.6 Å². The maximum Gasteiger partial charge on any atom is 0.258 e. The predicted molar refractivity (Wildman–Crippen MR) is 97.4 cm³/mol. The molecule has 1 aromatic carbocycles. The molecule has 1 fully saturated rings. The number of hydrogen-bond donors (Lipinski definition) is 1. The highest BCUT2D eigenvalue weighted by atomic mass is 16.7. The van der Waals surface area contributed by atoms with Gasteiger partial charge in [-0.2, -0.15) is 0 Å². The van der Waals surface area contributed by atoms with Crippen molar-refractivity contribution in [2.75, 3.05) is 6.61 Å². The molecule has 1 saturated heterocycles. The first-order chi connectivity index (χ1) is 12.7. The van der Waals surface area contributed by atoms with Crippen molar-refractivity contribution >= 4 is 10.9 Å². The lowest BCUT2D eigenvalue weighted by Gasteiger charge is -2.22. The van der Waals surface area contributed by atoms with Crippen molar-refractivity contribution in [3.8, 4) is 11.4 Å². The van der Waals surface area contributed by atoms with E-state index in [0.29, 0.717) is 6.61 Å². The van der Waals surface area contributed by atoms with E-state index in [1.54, 1.807) is 6.20 Å². The standard InChI is InChI=1S/C20H20N2O4/c23-17-8-9-22(19(24)12-17)16-6-7-18-14(11-16)4-5-15(21-18)13-26-20-3-1-2-10-25-20/h4-9,11-12,20,23H,1-3,10,13H2. The number of nitrogens with zero attached hydrogens (tertiary/aromatic N) is 2. The smallest absolute Gasteiger partial charge is 0.258 e. The Morgan fingerprint density at radius 3 is 2.92 bits per heavy atom. The van der Waals surface area contributed by atoms with Gasteiger partial charge in [-0.05, 0) is 49.6 Å². The number of aromatic nitrogens is 2. The molecule has 3 aromatic rings. The summed E-state index contributed by atoms with van der Waals surface area (Å²) in [7, 11) is 0. The molecule has 0 radical (unpaired) electrons. The molecule has 2 aromatic heterocycles. The molecule has 6 heteroatoms. The molecule has 0 saturated carbocycles. The van der Waals surface area contributed by atoms with Gasteiger partial charge in [0.1, 0.15) is 5.75 Å². The lowest BCUT2D eigenvalue weighted by Crippen LogP contribution is -2.22. The monoisotopic (exact) mass is 352 g/mol. The van der Waals surface area contributed by atoms with E-state index in [9.17, 15) is 9.90 Å². The van der Waals surface area contributed by atoms with Crippen LogP contribution in [0.3, 0.4) is 0 Å². The molecule has 1 N–H and O–H groups in total. The Labute approximate surface area is 150 Å². The quantitative estimate of drug-likeness (QED) is 0.781. The first-order valence-corrected chi connectivity index (χ1v) is 8.74. The van der Waals surface area contributed by atoms with Crippen LogP contribution in [0, 0.1) is 0 Å². The summed E-state index contributed by atoms with van der Waals surface area (Å²) in [4.78, 5) is 16.6. The van der Waals surface area contributed by atoms with Crippen LogP contribution >= 0.6 is 0 Å². The van der Waals surface area contributed by atoms with Crippen LogP contribution in [0.2, 0.25) is 0 Å². The molecule has 1 aliphatic heterocycles. The van der Waals surface area contributed by atoms with Gasteiger partial charge in [0, 0.05) is 29.9 Å². The summed E-state index contributed by atoms with van der Waals surface area (Å²) in [6, 6.07) is 12.2. The van der Waals surface area contributed by atoms with E-state index in [-0.39, 0.29) is 17.6 Å². The van der Waals surface area contributed by atoms with Crippen molar-refractivity contribution in [3.05, 3.63) is 64.7 Å². The van der Waals surface area contributed by atoms with Gasteiger partial charge in [0.15, 0.2) is 6.29 Å². The zero-order valence-corrected chi connectivity index (χ0v) is 14.3. The van der Waals surface area contributed by atoms with Crippen molar-refractivity contribution in [1.82, 2.24) is 9.55 Å². The third-order valence-electron chi connectivity index (χ3n) is 4.47. The fourth-order valence-corrected chi connectivity index (χ4v) is 3.09. The Kier molecular flexibility index (Phi) is 4.69. The third-order valence-corrected chi connectivity index (χ3v) is 4.47. The molecule has 4 rings (SSSR count). The second-order valence-corrected chi connectivity index (χ2v) is 6.38. The zero-order chi connectivity index (χ0) is 17.9. The molecule has 3 heterocycles. The number of hydrogen-bond acceptors (Lipinski definition) is 5. The van der Waals surface area contributed by atoms with Crippen LogP contribution in [-0.4, -0.2) is 27.6 Å². The van der Waals surface area contributed by atoms with Crippen molar-refractivity contribution in [3.63, 3.8) is 0 Å². The average Bonchev–Trinajstić information content (AvgIpc) is 2.67. The number of ether oxygens (including phenoxy) is 2. The van der Waals surface area contributed by atoms with Crippen LogP contribution in [0.1, 0.15) is 25.0 Å². The molecule has 26 heavy (non-hydrogen) atoms. The van der Waals surface area contributed by atoms with Gasteiger partial charge in [-0.15, -0.1) is 0 Å². The molecular weight excluding hydrogens is 332 g/mol. The lowest BCUT2D eigenvalue weighted by atomic mass is 10.1. The van der Waals surface area contributed by atoms with E-state index in [1.165, 1.54) is 16.7 Å². The minimum absolute atomic E-state index is 0.0414. The molecule has 0 amide bonds. The fourth-order valence-electron chi connectivity index (χ4n) is 3.09. The molecular formula is C20H20N2O4. The Bertz CT molecular complexity index is 977. The van der Waals surface area contributed by atoms with Gasteiger partial charge in [0.05, 0.1) is 17.8 Å². The van der Waals surface area contributed by atoms with Crippen LogP contribution in [-0.2, 0) is 16.1 Å². The van der Waals surface area contributed by atoms with Crippen LogP contribution < -0.4 is 5.56 Å². The minimum Gasteiger partial charge on any atom is -0.508 e. The molecule has 0 bridgehead atoms. The molecule has 6 nitrogen and oxygen atoms in total. The van der Waals surface area contributed by atoms with Crippen molar-refractivity contribution in [2.24, 2.45) is 0 Å². The fraction of sp³-hybridized carbons (Fsp3) is 0.300. The molecule has 1 unspecified atom stereocenters. The van der Waals surface area contributed by atoms with Crippen LogP contribution in [0.15, 0.2) is 53.5 Å². The van der Waals surface area contributed by atoms with Crippen LogP contribution in [0.5, 0.6) is 5.75 Å². The summed E-state index contributed by atoms with van der Waals surface area (Å²) in [6.45, 7) is 1.18. The van der Waals surface area contributed by atoms with E-state index < -0.39 is 0 Å². The van der Waals surface area contributed by atoms with Crippen molar-refractivity contribution < 1.29 is 14.6 Å². The molecule has 0 aliphatic carbocycles. The Morgan fingerprint density at radius 2 is 2.12 bits per heavy atom. The SMILES string of the molecule is O=c1cc(O)ccn1-c1ccc2nc(COC3CCCCO3)ccc2c1. The maximum absolute atomic E-state index is 12.0. The maximum atomic E-state index is 12.0. The Hall–Kier alpha value is -2.70. The third kappa shape index (κ3) is 3.61. The summed E-state index contributed by atoms with van der Waals surface area (Å²) in [5.41, 5.74) is 2.13. The highest BCUT2D eigenvalue weighted by Crippen LogP contribution is 2.19. The zero-order valence-electron chi connectivity index (χ0n) is 14.3. The summed E-state index contributed by atoms with van der Waals surface area (Å²) < 4.78 is 12.8. The topological polar surface area (TPSA) is 73.6 Å². The van der Waals surface area contributed by atoms with E-state index in [1.807, 2.05) is 30.3 Å². The normalized spacial score (nSPS) is 17.5. The van der Waals surface area contributed by atoms with E-state index in [2.05, 4.69) is 4.98 Å². The minimum atomic E-state index is -0.283. The van der Waals surface area contributed by atoms with Gasteiger partial charge in [-0.25, -0.2) is 0 Å². The van der Waals surface area contributed by atoms with Crippen molar-refractivity contribution in [2.45, 2.75) is 32.2 Å². The highest BCUT2D eigenvalue weighted by Gasteiger charge is 2.14. The van der Waals surface area contributed by atoms with Crippen LogP contribution in [0.4, 0.5) is 0 Å². The largest absolute Gasteiger partial charge is 0.508 e. The van der Waals surface area contributed by atoms with Gasteiger partial charge in [-0.1, -0.05) is 6.07 Å². The number of pyridine rings is 2. The molecule has 0 spiro atoms. The second kappa shape index (κ2) is 7.27. The molecule has 1 atom stereocenters. The lowest BCUT2D eigenvalue weighted by molar-refractivity contribution is -0.169. The number of benzene rings is 1. The summed E-state index contributed by atoms with van der Waals surface area (Å²) in [5.74, 6) is -0.0414. The summed E-state index contributed by atoms with van der Waals surface area (Å²) in [6.07, 6.45) is 4.58. The van der Waals surface area contributed by atoms with Gasteiger partial charge < -0.3 is 14.6 Å². The van der Waals surface area contributed by atoms with Gasteiger partial charge in [0.25, 0.3) is 5.56 Å².